The zero-order chi connectivity index (χ0) is 16.8. The van der Waals surface area contributed by atoms with Crippen LogP contribution in [0.25, 0.3) is 0 Å². The van der Waals surface area contributed by atoms with Crippen molar-refractivity contribution in [2.75, 3.05) is 0 Å². The second kappa shape index (κ2) is 7.79. The number of aryl methyl sites for hydroxylation is 1. The monoisotopic (exact) mass is 313 g/mol. The number of hydrogen-bond donors (Lipinski definition) is 2. The Balaban J connectivity index is 2.27. The van der Waals surface area contributed by atoms with Crippen LogP contribution in [0.1, 0.15) is 31.1 Å². The average Bonchev–Trinajstić information content (AvgIpc) is 2.52. The van der Waals surface area contributed by atoms with Gasteiger partial charge in [0, 0.05) is 6.04 Å². The van der Waals surface area contributed by atoms with Crippen molar-refractivity contribution in [3.8, 4) is 5.75 Å². The van der Waals surface area contributed by atoms with Crippen molar-refractivity contribution in [2.45, 2.75) is 39.0 Å². The van der Waals surface area contributed by atoms with Crippen LogP contribution in [0.3, 0.4) is 0 Å². The summed E-state index contributed by atoms with van der Waals surface area (Å²) in [6.45, 7) is 5.67. The number of rotatable bonds is 6. The van der Waals surface area contributed by atoms with E-state index in [2.05, 4.69) is 5.32 Å². The van der Waals surface area contributed by atoms with E-state index in [4.69, 9.17) is 4.74 Å². The van der Waals surface area contributed by atoms with Gasteiger partial charge in [-0.25, -0.2) is 0 Å². The summed E-state index contributed by atoms with van der Waals surface area (Å²) in [6.07, 6.45) is -2.06. The molecule has 0 spiro atoms. The highest BCUT2D eigenvalue weighted by atomic mass is 16.5. The van der Waals surface area contributed by atoms with Gasteiger partial charge in [0.15, 0.2) is 12.2 Å². The standard InChI is InChI=1S/C19H23NO3/c1-13(2)20-19(22)17(21)18(15-9-5-4-6-10-15)23-16-11-7-8-14(3)12-16/h4-13,17-18,21H,1-3H3,(H,20,22). The van der Waals surface area contributed by atoms with Gasteiger partial charge in [0.2, 0.25) is 0 Å². The average molecular weight is 313 g/mol. The summed E-state index contributed by atoms with van der Waals surface area (Å²) in [5, 5.41) is 13.2. The van der Waals surface area contributed by atoms with Gasteiger partial charge >= 0.3 is 0 Å². The number of ether oxygens (including phenoxy) is 1. The smallest absolute Gasteiger partial charge is 0.253 e. The largest absolute Gasteiger partial charge is 0.482 e. The van der Waals surface area contributed by atoms with Crippen molar-refractivity contribution in [3.63, 3.8) is 0 Å². The third kappa shape index (κ3) is 4.83. The zero-order valence-corrected chi connectivity index (χ0v) is 13.7. The molecule has 0 heterocycles. The molecule has 2 rings (SSSR count). The number of amides is 1. The van der Waals surface area contributed by atoms with Crippen molar-refractivity contribution in [1.29, 1.82) is 0 Å². The van der Waals surface area contributed by atoms with E-state index in [0.29, 0.717) is 5.75 Å². The van der Waals surface area contributed by atoms with Gasteiger partial charge in [-0.1, -0.05) is 42.5 Å². The SMILES string of the molecule is Cc1cccc(OC(c2ccccc2)C(O)C(=O)NC(C)C)c1. The molecule has 0 saturated carbocycles. The first-order valence-electron chi connectivity index (χ1n) is 7.74. The molecule has 0 aliphatic heterocycles. The zero-order valence-electron chi connectivity index (χ0n) is 13.7. The van der Waals surface area contributed by atoms with E-state index in [0.717, 1.165) is 11.1 Å². The van der Waals surface area contributed by atoms with Crippen LogP contribution < -0.4 is 10.1 Å². The highest BCUT2D eigenvalue weighted by Crippen LogP contribution is 2.26. The van der Waals surface area contributed by atoms with E-state index in [1.165, 1.54) is 0 Å². The molecule has 0 aliphatic carbocycles. The Morgan fingerprint density at radius 2 is 1.78 bits per heavy atom. The summed E-state index contributed by atoms with van der Waals surface area (Å²) in [5.41, 5.74) is 1.80. The van der Waals surface area contributed by atoms with Gasteiger partial charge in [-0.3, -0.25) is 4.79 Å². The number of aliphatic hydroxyl groups is 1. The summed E-state index contributed by atoms with van der Waals surface area (Å²) >= 11 is 0. The van der Waals surface area contributed by atoms with Crippen LogP contribution in [0, 0.1) is 6.92 Å². The second-order valence-corrected chi connectivity index (χ2v) is 5.87. The van der Waals surface area contributed by atoms with Crippen molar-refractivity contribution in [2.24, 2.45) is 0 Å². The van der Waals surface area contributed by atoms with E-state index in [1.54, 1.807) is 0 Å². The maximum Gasteiger partial charge on any atom is 0.253 e. The Labute approximate surface area is 137 Å². The quantitative estimate of drug-likeness (QED) is 0.862. The second-order valence-electron chi connectivity index (χ2n) is 5.87. The van der Waals surface area contributed by atoms with Gasteiger partial charge in [-0.2, -0.15) is 0 Å². The Morgan fingerprint density at radius 1 is 1.09 bits per heavy atom. The first kappa shape index (κ1) is 17.0. The number of aliphatic hydroxyl groups excluding tert-OH is 1. The fourth-order valence-electron chi connectivity index (χ4n) is 2.30. The number of benzene rings is 2. The van der Waals surface area contributed by atoms with Crippen LogP contribution in [0.15, 0.2) is 54.6 Å². The number of carbonyl (C=O) groups excluding carboxylic acids is 1. The minimum Gasteiger partial charge on any atom is -0.482 e. The molecule has 4 nitrogen and oxygen atoms in total. The van der Waals surface area contributed by atoms with Crippen molar-refractivity contribution >= 4 is 5.91 Å². The lowest BCUT2D eigenvalue weighted by atomic mass is 10.0. The molecule has 0 aromatic heterocycles. The van der Waals surface area contributed by atoms with E-state index in [9.17, 15) is 9.90 Å². The lowest BCUT2D eigenvalue weighted by molar-refractivity contribution is -0.134. The highest BCUT2D eigenvalue weighted by molar-refractivity contribution is 5.81. The van der Waals surface area contributed by atoms with Crippen LogP contribution in [0.5, 0.6) is 5.75 Å². The molecular formula is C19H23NO3. The minimum atomic E-state index is -1.29. The van der Waals surface area contributed by atoms with Gasteiger partial charge in [0.05, 0.1) is 0 Å². The Hall–Kier alpha value is -2.33. The maximum atomic E-state index is 12.2. The Kier molecular flexibility index (Phi) is 5.77. The van der Waals surface area contributed by atoms with Crippen LogP contribution >= 0.6 is 0 Å². The molecule has 0 aliphatic rings. The summed E-state index contributed by atoms with van der Waals surface area (Å²) in [5.74, 6) is 0.178. The number of hydrogen-bond acceptors (Lipinski definition) is 3. The topological polar surface area (TPSA) is 58.6 Å². The Bertz CT molecular complexity index is 640. The molecule has 0 fully saturated rings. The normalized spacial score (nSPS) is 13.4. The first-order valence-corrected chi connectivity index (χ1v) is 7.74. The summed E-state index contributed by atoms with van der Waals surface area (Å²) < 4.78 is 5.94. The van der Waals surface area contributed by atoms with E-state index in [-0.39, 0.29) is 6.04 Å². The third-order valence-corrected chi connectivity index (χ3v) is 3.37. The molecule has 2 aromatic rings. The molecule has 23 heavy (non-hydrogen) atoms. The van der Waals surface area contributed by atoms with Crippen LogP contribution in [-0.4, -0.2) is 23.2 Å². The lowest BCUT2D eigenvalue weighted by Gasteiger charge is -2.25. The van der Waals surface area contributed by atoms with E-state index >= 15 is 0 Å². The molecule has 4 heteroatoms. The van der Waals surface area contributed by atoms with Gasteiger partial charge in [0.25, 0.3) is 5.91 Å². The van der Waals surface area contributed by atoms with Gasteiger partial charge in [-0.05, 0) is 44.0 Å². The Morgan fingerprint density at radius 3 is 2.39 bits per heavy atom. The van der Waals surface area contributed by atoms with Crippen LogP contribution in [0.4, 0.5) is 0 Å². The van der Waals surface area contributed by atoms with E-state index < -0.39 is 18.1 Å². The number of nitrogens with one attached hydrogen (secondary N) is 1. The molecule has 1 amide bonds. The summed E-state index contributed by atoms with van der Waals surface area (Å²) in [6, 6.07) is 16.8. The molecule has 122 valence electrons. The molecule has 2 N–H and O–H groups in total. The fourth-order valence-corrected chi connectivity index (χ4v) is 2.30. The summed E-state index contributed by atoms with van der Waals surface area (Å²) in [7, 11) is 0. The fraction of sp³-hybridized carbons (Fsp3) is 0.316. The lowest BCUT2D eigenvalue weighted by Crippen LogP contribution is -2.43. The molecule has 0 radical (unpaired) electrons. The van der Waals surface area contributed by atoms with Crippen molar-refractivity contribution in [1.82, 2.24) is 5.32 Å². The third-order valence-electron chi connectivity index (χ3n) is 3.37. The minimum absolute atomic E-state index is 0.0486. The van der Waals surface area contributed by atoms with Gasteiger partial charge in [-0.15, -0.1) is 0 Å². The van der Waals surface area contributed by atoms with Crippen molar-refractivity contribution < 1.29 is 14.6 Å². The van der Waals surface area contributed by atoms with Gasteiger partial charge < -0.3 is 15.2 Å². The molecular weight excluding hydrogens is 290 g/mol. The molecule has 2 aromatic carbocycles. The highest BCUT2D eigenvalue weighted by Gasteiger charge is 2.29. The molecule has 2 unspecified atom stereocenters. The number of carbonyl (C=O) groups is 1. The van der Waals surface area contributed by atoms with Gasteiger partial charge in [0.1, 0.15) is 5.75 Å². The molecule has 2 atom stereocenters. The first-order chi connectivity index (χ1) is 11.0. The molecule has 0 bridgehead atoms. The maximum absolute atomic E-state index is 12.2. The van der Waals surface area contributed by atoms with Crippen LogP contribution in [0.2, 0.25) is 0 Å². The van der Waals surface area contributed by atoms with E-state index in [1.807, 2.05) is 75.4 Å². The predicted octanol–water partition coefficient (Wildman–Crippen LogP) is 3.00. The predicted molar refractivity (Wildman–Crippen MR) is 90.3 cm³/mol. The van der Waals surface area contributed by atoms with Crippen LogP contribution in [-0.2, 0) is 4.79 Å². The van der Waals surface area contributed by atoms with Crippen molar-refractivity contribution in [3.05, 3.63) is 65.7 Å². The molecule has 0 saturated heterocycles. The summed E-state index contributed by atoms with van der Waals surface area (Å²) in [4.78, 5) is 12.2.